The minimum absolute atomic E-state index is 0.364. The zero-order valence-corrected chi connectivity index (χ0v) is 17.9. The van der Waals surface area contributed by atoms with Gasteiger partial charge in [0, 0.05) is 12.5 Å². The molecule has 29 heavy (non-hydrogen) atoms. The smallest absolute Gasteiger partial charge is 0.308 e. The molecule has 0 saturated heterocycles. The predicted octanol–water partition coefficient (Wildman–Crippen LogP) is 6.70. The fourth-order valence-corrected chi connectivity index (χ4v) is 4.41. The molecule has 1 aliphatic carbocycles. The normalized spacial score (nSPS) is 19.1. The van der Waals surface area contributed by atoms with E-state index in [1.165, 1.54) is 76.7 Å². The van der Waals surface area contributed by atoms with Crippen LogP contribution in [0.25, 0.3) is 11.4 Å². The lowest BCUT2D eigenvalue weighted by molar-refractivity contribution is -0.131. The van der Waals surface area contributed by atoms with Gasteiger partial charge in [0.15, 0.2) is 11.6 Å². The molecule has 4 heteroatoms. The fourth-order valence-electron chi connectivity index (χ4n) is 4.41. The van der Waals surface area contributed by atoms with Crippen molar-refractivity contribution in [2.45, 2.75) is 84.0 Å². The highest BCUT2D eigenvalue weighted by atomic mass is 16.5. The average Bonchev–Trinajstić information content (AvgIpc) is 2.74. The van der Waals surface area contributed by atoms with Crippen molar-refractivity contribution in [3.8, 4) is 17.1 Å². The van der Waals surface area contributed by atoms with Gasteiger partial charge in [-0.05, 0) is 43.1 Å². The highest BCUT2D eigenvalue weighted by Gasteiger charge is 2.22. The van der Waals surface area contributed by atoms with Crippen LogP contribution < -0.4 is 4.74 Å². The number of hydrogen-bond acceptors (Lipinski definition) is 4. The lowest BCUT2D eigenvalue weighted by Crippen LogP contribution is -2.13. The summed E-state index contributed by atoms with van der Waals surface area (Å²) in [6.45, 7) is 3.65. The molecule has 1 aliphatic rings. The van der Waals surface area contributed by atoms with Gasteiger partial charge < -0.3 is 4.74 Å². The van der Waals surface area contributed by atoms with Crippen molar-refractivity contribution < 1.29 is 9.53 Å². The van der Waals surface area contributed by atoms with Crippen LogP contribution in [-0.2, 0) is 4.79 Å². The number of unbranched alkanes of at least 4 members (excludes halogenated alkanes) is 4. The van der Waals surface area contributed by atoms with E-state index >= 15 is 0 Å². The molecule has 1 fully saturated rings. The average molecular weight is 395 g/mol. The number of hydrogen-bond donors (Lipinski definition) is 0. The molecule has 0 unspecified atom stereocenters. The van der Waals surface area contributed by atoms with Crippen molar-refractivity contribution in [3.05, 3.63) is 42.2 Å². The third-order valence-corrected chi connectivity index (χ3v) is 6.09. The molecular formula is C25H34N2O2. The molecule has 0 atom stereocenters. The number of carbonyl (C=O) groups excluding carboxylic acids is 1. The first-order chi connectivity index (χ1) is 14.2. The number of ether oxygens (including phenoxy) is 1. The van der Waals surface area contributed by atoms with Gasteiger partial charge in [-0.2, -0.15) is 0 Å². The van der Waals surface area contributed by atoms with E-state index in [2.05, 4.69) is 41.2 Å². The second kappa shape index (κ2) is 11.1. The van der Waals surface area contributed by atoms with Gasteiger partial charge >= 0.3 is 5.97 Å². The van der Waals surface area contributed by atoms with Crippen LogP contribution in [0, 0.1) is 5.92 Å². The Labute approximate surface area is 175 Å². The first kappa shape index (κ1) is 21.5. The summed E-state index contributed by atoms with van der Waals surface area (Å²) in [5, 5.41) is 0. The SMILES string of the molecule is CCCCCCC[C@H]1CC[C@H](c2ccc(-c3ncc(OC(C)=O)cn3)cc2)CC1. The van der Waals surface area contributed by atoms with Crippen molar-refractivity contribution in [3.63, 3.8) is 0 Å². The Morgan fingerprint density at radius 3 is 2.24 bits per heavy atom. The second-order valence-electron chi connectivity index (χ2n) is 8.38. The molecule has 0 aliphatic heterocycles. The second-order valence-corrected chi connectivity index (χ2v) is 8.38. The van der Waals surface area contributed by atoms with E-state index in [0.717, 1.165) is 11.5 Å². The van der Waals surface area contributed by atoms with Crippen molar-refractivity contribution in [2.24, 2.45) is 5.92 Å². The molecule has 0 bridgehead atoms. The van der Waals surface area contributed by atoms with E-state index in [0.29, 0.717) is 17.5 Å². The van der Waals surface area contributed by atoms with Crippen molar-refractivity contribution in [2.75, 3.05) is 0 Å². The van der Waals surface area contributed by atoms with E-state index in [9.17, 15) is 4.79 Å². The molecule has 2 aromatic rings. The Hall–Kier alpha value is -2.23. The van der Waals surface area contributed by atoms with Crippen LogP contribution in [0.1, 0.15) is 89.5 Å². The zero-order chi connectivity index (χ0) is 20.5. The van der Waals surface area contributed by atoms with Gasteiger partial charge in [0.25, 0.3) is 0 Å². The summed E-state index contributed by atoms with van der Waals surface area (Å²) in [6, 6.07) is 8.68. The Kier molecular flexibility index (Phi) is 8.21. The van der Waals surface area contributed by atoms with Crippen LogP contribution in [0.5, 0.6) is 5.75 Å². The molecule has 1 heterocycles. The van der Waals surface area contributed by atoms with Crippen LogP contribution in [0.4, 0.5) is 0 Å². The minimum atomic E-state index is -0.364. The van der Waals surface area contributed by atoms with Crippen LogP contribution in [0.15, 0.2) is 36.7 Å². The number of carbonyl (C=O) groups is 1. The maximum atomic E-state index is 11.0. The lowest BCUT2D eigenvalue weighted by atomic mass is 9.77. The van der Waals surface area contributed by atoms with Crippen LogP contribution in [0.2, 0.25) is 0 Å². The van der Waals surface area contributed by atoms with E-state index < -0.39 is 0 Å². The maximum Gasteiger partial charge on any atom is 0.308 e. The van der Waals surface area contributed by atoms with Gasteiger partial charge in [0.05, 0.1) is 12.4 Å². The topological polar surface area (TPSA) is 52.1 Å². The first-order valence-electron chi connectivity index (χ1n) is 11.3. The maximum absolute atomic E-state index is 11.0. The Balaban J connectivity index is 1.47. The number of nitrogens with zero attached hydrogens (tertiary/aromatic N) is 2. The number of rotatable bonds is 9. The highest BCUT2D eigenvalue weighted by Crippen LogP contribution is 2.38. The number of esters is 1. The summed E-state index contributed by atoms with van der Waals surface area (Å²) >= 11 is 0. The summed E-state index contributed by atoms with van der Waals surface area (Å²) in [5.74, 6) is 2.29. The molecule has 1 aromatic heterocycles. The molecule has 4 nitrogen and oxygen atoms in total. The molecular weight excluding hydrogens is 360 g/mol. The molecule has 3 rings (SSSR count). The van der Waals surface area contributed by atoms with E-state index in [-0.39, 0.29) is 5.97 Å². The number of benzene rings is 1. The van der Waals surface area contributed by atoms with Gasteiger partial charge in [-0.25, -0.2) is 9.97 Å². The van der Waals surface area contributed by atoms with Gasteiger partial charge in [0.1, 0.15) is 0 Å². The summed E-state index contributed by atoms with van der Waals surface area (Å²) in [5.41, 5.74) is 2.43. The van der Waals surface area contributed by atoms with Crippen LogP contribution in [-0.4, -0.2) is 15.9 Å². The van der Waals surface area contributed by atoms with Crippen molar-refractivity contribution in [1.82, 2.24) is 9.97 Å². The van der Waals surface area contributed by atoms with Gasteiger partial charge in [-0.1, -0.05) is 69.7 Å². The van der Waals surface area contributed by atoms with E-state index in [1.807, 2.05) is 0 Å². The van der Waals surface area contributed by atoms with Gasteiger partial charge in [-0.3, -0.25) is 4.79 Å². The van der Waals surface area contributed by atoms with Gasteiger partial charge in [0.2, 0.25) is 0 Å². The fraction of sp³-hybridized carbons (Fsp3) is 0.560. The third kappa shape index (κ3) is 6.66. The summed E-state index contributed by atoms with van der Waals surface area (Å²) in [7, 11) is 0. The van der Waals surface area contributed by atoms with Gasteiger partial charge in [-0.15, -0.1) is 0 Å². The quantitative estimate of drug-likeness (QED) is 0.350. The lowest BCUT2D eigenvalue weighted by Gasteiger charge is -2.29. The Morgan fingerprint density at radius 2 is 1.62 bits per heavy atom. The Morgan fingerprint density at radius 1 is 0.966 bits per heavy atom. The molecule has 0 amide bonds. The zero-order valence-electron chi connectivity index (χ0n) is 17.9. The van der Waals surface area contributed by atoms with E-state index in [4.69, 9.17) is 4.74 Å². The molecule has 1 saturated carbocycles. The van der Waals surface area contributed by atoms with Crippen LogP contribution in [0.3, 0.4) is 0 Å². The minimum Gasteiger partial charge on any atom is -0.423 e. The predicted molar refractivity (Wildman–Crippen MR) is 117 cm³/mol. The summed E-state index contributed by atoms with van der Waals surface area (Å²) < 4.78 is 4.99. The highest BCUT2D eigenvalue weighted by molar-refractivity contribution is 5.69. The summed E-state index contributed by atoms with van der Waals surface area (Å²) in [6.07, 6.45) is 16.9. The van der Waals surface area contributed by atoms with Crippen molar-refractivity contribution in [1.29, 1.82) is 0 Å². The standard InChI is InChI=1S/C25H34N2O2/c1-3-4-5-6-7-8-20-9-11-21(12-10-20)22-13-15-23(16-14-22)25-26-17-24(18-27-25)29-19(2)28/h13-18,20-21H,3-12H2,1-2H3/t20-,21-. The first-order valence-corrected chi connectivity index (χ1v) is 11.3. The number of aromatic nitrogens is 2. The molecule has 0 N–H and O–H groups in total. The molecule has 0 radical (unpaired) electrons. The Bertz CT molecular complexity index is 747. The van der Waals surface area contributed by atoms with E-state index in [1.54, 1.807) is 12.4 Å². The van der Waals surface area contributed by atoms with Crippen LogP contribution >= 0.6 is 0 Å². The molecule has 0 spiro atoms. The molecule has 156 valence electrons. The third-order valence-electron chi connectivity index (χ3n) is 6.09. The largest absolute Gasteiger partial charge is 0.423 e. The summed E-state index contributed by atoms with van der Waals surface area (Å²) in [4.78, 5) is 19.6. The van der Waals surface area contributed by atoms with Crippen molar-refractivity contribution >= 4 is 5.97 Å². The monoisotopic (exact) mass is 394 g/mol. The molecule has 1 aromatic carbocycles.